The van der Waals surface area contributed by atoms with E-state index in [1.165, 1.54) is 80.9 Å². The topological polar surface area (TPSA) is 16.8 Å². The third-order valence-electron chi connectivity index (χ3n) is 11.3. The number of hydrogen-bond donors (Lipinski definition) is 0. The van der Waals surface area contributed by atoms with Crippen LogP contribution in [-0.4, -0.2) is 4.98 Å². The van der Waals surface area contributed by atoms with Crippen LogP contribution in [0.5, 0.6) is 0 Å². The quantitative estimate of drug-likeness (QED) is 0.207. The lowest BCUT2D eigenvalue weighted by molar-refractivity contribution is -0.728. The number of aromatic nitrogens is 2. The molecular weight excluding hydrogens is 508 g/mol. The van der Waals surface area contributed by atoms with Crippen molar-refractivity contribution in [2.45, 2.75) is 104 Å². The van der Waals surface area contributed by atoms with E-state index in [2.05, 4.69) is 121 Å². The molecule has 1 aromatic heterocycles. The molecule has 0 bridgehead atoms. The van der Waals surface area contributed by atoms with Gasteiger partial charge in [0.15, 0.2) is 11.1 Å². The number of nitrogens with zero attached hydrogens (tertiary/aromatic N) is 2. The predicted octanol–water partition coefficient (Wildman–Crippen LogP) is 10.3. The zero-order chi connectivity index (χ0) is 29.6. The maximum atomic E-state index is 5.29. The molecule has 1 aliphatic heterocycles. The van der Waals surface area contributed by atoms with E-state index in [0.717, 1.165) is 11.9 Å². The maximum absolute atomic E-state index is 5.29. The summed E-state index contributed by atoms with van der Waals surface area (Å²) in [6.45, 7) is 19.0. The first-order valence-electron chi connectivity index (χ1n) is 16.6. The van der Waals surface area contributed by atoms with E-state index in [9.17, 15) is 0 Å². The normalized spacial score (nSPS) is 20.0. The molecule has 2 heterocycles. The zero-order valence-electron chi connectivity index (χ0n) is 26.9. The van der Waals surface area contributed by atoms with Gasteiger partial charge in [-0.15, -0.1) is 0 Å². The summed E-state index contributed by atoms with van der Waals surface area (Å²) in [6.07, 6.45) is 13.2. The Morgan fingerprint density at radius 2 is 1.60 bits per heavy atom. The smallest absolute Gasteiger partial charge is 0.215 e. The fraction of sp³-hybridized carbons (Fsp3) is 0.450. The van der Waals surface area contributed by atoms with Crippen LogP contribution in [0.15, 0.2) is 72.1 Å². The summed E-state index contributed by atoms with van der Waals surface area (Å²) in [4.78, 5) is 5.29. The number of hydrogen-bond acceptors (Lipinski definition) is 1. The summed E-state index contributed by atoms with van der Waals surface area (Å²) in [5.41, 5.74) is 12.6. The molecule has 0 fully saturated rings. The first-order valence-corrected chi connectivity index (χ1v) is 16.6. The van der Waals surface area contributed by atoms with E-state index in [0.29, 0.717) is 17.8 Å². The minimum absolute atomic E-state index is 0.141. The van der Waals surface area contributed by atoms with Crippen molar-refractivity contribution in [2.24, 2.45) is 11.8 Å². The molecule has 4 aromatic rings. The highest BCUT2D eigenvalue weighted by Gasteiger charge is 2.54. The van der Waals surface area contributed by atoms with Gasteiger partial charge in [0, 0.05) is 23.0 Å². The van der Waals surface area contributed by atoms with Crippen LogP contribution in [0.2, 0.25) is 0 Å². The van der Waals surface area contributed by atoms with E-state index < -0.39 is 0 Å². The van der Waals surface area contributed by atoms with Crippen LogP contribution in [0.3, 0.4) is 0 Å². The average Bonchev–Trinajstić information content (AvgIpc) is 3.24. The molecule has 0 radical (unpaired) electrons. The van der Waals surface area contributed by atoms with Crippen molar-refractivity contribution in [3.8, 4) is 11.3 Å². The molecule has 0 amide bonds. The van der Waals surface area contributed by atoms with Gasteiger partial charge in [0.2, 0.25) is 0 Å². The van der Waals surface area contributed by atoms with Gasteiger partial charge in [-0.3, -0.25) is 0 Å². The van der Waals surface area contributed by atoms with Crippen LogP contribution in [0.1, 0.15) is 116 Å². The van der Waals surface area contributed by atoms with Crippen LogP contribution in [0.25, 0.3) is 32.9 Å². The first kappa shape index (κ1) is 27.6. The van der Waals surface area contributed by atoms with Crippen LogP contribution in [0.4, 0.5) is 0 Å². The van der Waals surface area contributed by atoms with Gasteiger partial charge >= 0.3 is 0 Å². The van der Waals surface area contributed by atoms with Gasteiger partial charge < -0.3 is 0 Å². The van der Waals surface area contributed by atoms with Crippen LogP contribution >= 0.6 is 0 Å². The molecule has 1 spiro atoms. The number of fused-ring (bicyclic) bond motifs is 4. The molecule has 42 heavy (non-hydrogen) atoms. The Morgan fingerprint density at radius 3 is 2.29 bits per heavy atom. The summed E-state index contributed by atoms with van der Waals surface area (Å²) in [5, 5.41) is 4.12. The molecule has 3 aromatic carbocycles. The molecule has 1 unspecified atom stereocenters. The Kier molecular flexibility index (Phi) is 6.32. The fourth-order valence-corrected chi connectivity index (χ4v) is 8.86. The molecule has 7 rings (SSSR count). The number of benzene rings is 3. The highest BCUT2D eigenvalue weighted by atomic mass is 15.1. The predicted molar refractivity (Wildman–Crippen MR) is 177 cm³/mol. The summed E-state index contributed by atoms with van der Waals surface area (Å²) in [5.74, 6) is 1.63. The second-order valence-corrected chi connectivity index (χ2v) is 14.1. The highest BCUT2D eigenvalue weighted by Crippen LogP contribution is 2.58. The van der Waals surface area contributed by atoms with Crippen LogP contribution < -0.4 is 4.57 Å². The van der Waals surface area contributed by atoms with Gasteiger partial charge in [-0.25, -0.2) is 4.57 Å². The lowest BCUT2D eigenvalue weighted by Crippen LogP contribution is -2.55. The SMILES string of the molecule is CCC(CC)C1=CC2(CC(C(CC)CC)=C1)c1cc3ccccc3c3c1-c1c4c(cc(C(C)C)cc4nc[n+]12)C3(C)C. The van der Waals surface area contributed by atoms with Gasteiger partial charge in [0.05, 0.1) is 5.39 Å². The summed E-state index contributed by atoms with van der Waals surface area (Å²) >= 11 is 0. The molecule has 0 saturated carbocycles. The van der Waals surface area contributed by atoms with Gasteiger partial charge in [-0.1, -0.05) is 97.4 Å². The molecule has 3 aliphatic rings. The monoisotopic (exact) mass is 555 g/mol. The fourth-order valence-electron chi connectivity index (χ4n) is 8.86. The Labute approximate surface area is 252 Å². The Morgan fingerprint density at radius 1 is 0.881 bits per heavy atom. The number of allylic oxidation sites excluding steroid dienone is 4. The van der Waals surface area contributed by atoms with Crippen molar-refractivity contribution in [3.05, 3.63) is 94.3 Å². The Hall–Kier alpha value is -3.26. The van der Waals surface area contributed by atoms with Crippen LogP contribution in [-0.2, 0) is 11.0 Å². The molecule has 0 N–H and O–H groups in total. The van der Waals surface area contributed by atoms with Crippen LogP contribution in [0, 0.1) is 11.8 Å². The average molecular weight is 556 g/mol. The standard InChI is InChI=1S/C40H47N2/c1-9-25(10-2)29-17-30(26(11-3)12-4)22-40(21-29)33-18-27-15-13-14-16-31(27)37-36(33)38-35-32(39(37,7)8)19-28(24(5)6)20-34(35)41-23-42(38)40/h13-21,23-26H,9-12,22H2,1-8H3/q+1. The second kappa shape index (κ2) is 9.63. The van der Waals surface area contributed by atoms with E-state index >= 15 is 0 Å². The Bertz CT molecular complexity index is 1810. The summed E-state index contributed by atoms with van der Waals surface area (Å²) in [6, 6.07) is 16.6. The zero-order valence-corrected chi connectivity index (χ0v) is 26.9. The molecule has 2 nitrogen and oxygen atoms in total. The number of rotatable bonds is 7. The van der Waals surface area contributed by atoms with Crippen molar-refractivity contribution in [1.82, 2.24) is 4.98 Å². The lowest BCUT2D eigenvalue weighted by Gasteiger charge is -2.36. The van der Waals surface area contributed by atoms with E-state index in [-0.39, 0.29) is 11.0 Å². The van der Waals surface area contributed by atoms with Crippen molar-refractivity contribution >= 4 is 21.7 Å². The summed E-state index contributed by atoms with van der Waals surface area (Å²) < 4.78 is 2.62. The summed E-state index contributed by atoms with van der Waals surface area (Å²) in [7, 11) is 0. The molecule has 216 valence electrons. The van der Waals surface area contributed by atoms with Gasteiger partial charge in [0.1, 0.15) is 5.69 Å². The van der Waals surface area contributed by atoms with Gasteiger partial charge in [0.25, 0.3) is 6.33 Å². The third-order valence-corrected chi connectivity index (χ3v) is 11.3. The van der Waals surface area contributed by atoms with Crippen molar-refractivity contribution in [1.29, 1.82) is 0 Å². The Balaban J connectivity index is 1.66. The largest absolute Gasteiger partial charge is 0.288 e. The minimum atomic E-state index is -0.260. The molecule has 1 atom stereocenters. The second-order valence-electron chi connectivity index (χ2n) is 14.1. The lowest BCUT2D eigenvalue weighted by atomic mass is 9.66. The van der Waals surface area contributed by atoms with Crippen molar-refractivity contribution in [2.75, 3.05) is 0 Å². The molecular formula is C40H47N2+. The maximum Gasteiger partial charge on any atom is 0.288 e. The van der Waals surface area contributed by atoms with Crippen molar-refractivity contribution < 1.29 is 4.57 Å². The first-order chi connectivity index (χ1) is 20.2. The van der Waals surface area contributed by atoms with E-state index in [1.807, 2.05) is 0 Å². The molecule has 0 saturated heterocycles. The third kappa shape index (κ3) is 3.56. The van der Waals surface area contributed by atoms with Gasteiger partial charge in [-0.2, -0.15) is 0 Å². The minimum Gasteiger partial charge on any atom is -0.215 e. The highest BCUT2D eigenvalue weighted by molar-refractivity contribution is 6.06. The molecule has 2 aliphatic carbocycles. The molecule has 2 heteroatoms. The van der Waals surface area contributed by atoms with E-state index in [4.69, 9.17) is 4.98 Å². The van der Waals surface area contributed by atoms with Gasteiger partial charge in [-0.05, 0) is 99.7 Å². The van der Waals surface area contributed by atoms with E-state index in [1.54, 1.807) is 5.57 Å². The van der Waals surface area contributed by atoms with Crippen molar-refractivity contribution in [3.63, 3.8) is 0 Å².